The average Bonchev–Trinajstić information content (AvgIpc) is 2.87. The molecular weight excluding hydrogens is 208 g/mol. The molecule has 2 rings (SSSR count). The highest BCUT2D eigenvalue weighted by molar-refractivity contribution is 5.80. The van der Waals surface area contributed by atoms with Gasteiger partial charge in [-0.05, 0) is 12.8 Å². The zero-order valence-corrected chi connectivity index (χ0v) is 9.45. The van der Waals surface area contributed by atoms with Crippen LogP contribution in [0.15, 0.2) is 0 Å². The maximum absolute atomic E-state index is 12.0. The molecule has 1 saturated heterocycles. The SMILES string of the molecule is NC1COCC1C(=O)NC1(CO)CCCC1. The molecule has 2 fully saturated rings. The van der Waals surface area contributed by atoms with Crippen LogP contribution >= 0.6 is 0 Å². The molecule has 1 aliphatic carbocycles. The Morgan fingerprint density at radius 3 is 2.62 bits per heavy atom. The van der Waals surface area contributed by atoms with Crippen molar-refractivity contribution in [1.29, 1.82) is 0 Å². The summed E-state index contributed by atoms with van der Waals surface area (Å²) in [6.45, 7) is 0.861. The van der Waals surface area contributed by atoms with E-state index < -0.39 is 5.54 Å². The van der Waals surface area contributed by atoms with Gasteiger partial charge in [0, 0.05) is 6.04 Å². The molecule has 4 N–H and O–H groups in total. The van der Waals surface area contributed by atoms with Crippen molar-refractivity contribution >= 4 is 5.91 Å². The molecule has 0 aromatic heterocycles. The second-order valence-electron chi connectivity index (χ2n) is 4.94. The fraction of sp³-hybridized carbons (Fsp3) is 0.909. The first-order chi connectivity index (χ1) is 7.67. The Kier molecular flexibility index (Phi) is 3.47. The van der Waals surface area contributed by atoms with Crippen molar-refractivity contribution < 1.29 is 14.6 Å². The summed E-state index contributed by atoms with van der Waals surface area (Å²) in [5.74, 6) is -0.329. The van der Waals surface area contributed by atoms with E-state index >= 15 is 0 Å². The second kappa shape index (κ2) is 4.69. The smallest absolute Gasteiger partial charge is 0.227 e. The summed E-state index contributed by atoms with van der Waals surface area (Å²) in [6, 6.07) is -0.211. The number of hydrogen-bond donors (Lipinski definition) is 3. The van der Waals surface area contributed by atoms with Crippen LogP contribution in [0.4, 0.5) is 0 Å². The number of ether oxygens (including phenoxy) is 1. The molecule has 1 heterocycles. The predicted octanol–water partition coefficient (Wildman–Crippen LogP) is -0.619. The molecule has 0 spiro atoms. The van der Waals surface area contributed by atoms with Crippen molar-refractivity contribution in [3.63, 3.8) is 0 Å². The monoisotopic (exact) mass is 228 g/mol. The number of aliphatic hydroxyl groups excluding tert-OH is 1. The van der Waals surface area contributed by atoms with Gasteiger partial charge in [0.1, 0.15) is 0 Å². The summed E-state index contributed by atoms with van der Waals surface area (Å²) in [5, 5.41) is 12.4. The Bertz CT molecular complexity index is 264. The van der Waals surface area contributed by atoms with Crippen LogP contribution in [-0.2, 0) is 9.53 Å². The number of rotatable bonds is 3. The van der Waals surface area contributed by atoms with E-state index in [0.29, 0.717) is 13.2 Å². The molecule has 1 saturated carbocycles. The largest absolute Gasteiger partial charge is 0.394 e. The van der Waals surface area contributed by atoms with E-state index in [1.54, 1.807) is 0 Å². The molecule has 0 aromatic carbocycles. The molecule has 1 aliphatic heterocycles. The van der Waals surface area contributed by atoms with E-state index in [4.69, 9.17) is 10.5 Å². The lowest BCUT2D eigenvalue weighted by atomic mass is 9.96. The standard InChI is InChI=1S/C11H20N2O3/c12-9-6-16-5-8(9)10(15)13-11(7-14)3-1-2-4-11/h8-9,14H,1-7,12H2,(H,13,15). The van der Waals surface area contributed by atoms with E-state index in [1.165, 1.54) is 0 Å². The molecule has 92 valence electrons. The molecule has 5 heteroatoms. The number of carbonyl (C=O) groups is 1. The molecule has 0 aromatic rings. The highest BCUT2D eigenvalue weighted by Crippen LogP contribution is 2.29. The van der Waals surface area contributed by atoms with Crippen molar-refractivity contribution in [3.05, 3.63) is 0 Å². The third-order valence-electron chi connectivity index (χ3n) is 3.71. The van der Waals surface area contributed by atoms with Gasteiger partial charge in [-0.3, -0.25) is 4.79 Å². The molecular formula is C11H20N2O3. The minimum absolute atomic E-state index is 0.0154. The molecule has 1 amide bonds. The summed E-state index contributed by atoms with van der Waals surface area (Å²) < 4.78 is 5.17. The van der Waals surface area contributed by atoms with Gasteiger partial charge in [0.05, 0.1) is 31.3 Å². The normalized spacial score (nSPS) is 32.9. The Labute approximate surface area is 95.3 Å². The maximum Gasteiger partial charge on any atom is 0.227 e. The number of amides is 1. The molecule has 2 unspecified atom stereocenters. The van der Waals surface area contributed by atoms with Crippen molar-refractivity contribution in [2.75, 3.05) is 19.8 Å². The van der Waals surface area contributed by atoms with E-state index in [1.807, 2.05) is 0 Å². The summed E-state index contributed by atoms with van der Waals surface area (Å²) in [4.78, 5) is 12.0. The van der Waals surface area contributed by atoms with Crippen LogP contribution in [0.3, 0.4) is 0 Å². The quantitative estimate of drug-likeness (QED) is 0.601. The lowest BCUT2D eigenvalue weighted by Gasteiger charge is -2.29. The minimum Gasteiger partial charge on any atom is -0.394 e. The first-order valence-electron chi connectivity index (χ1n) is 5.93. The predicted molar refractivity (Wildman–Crippen MR) is 58.7 cm³/mol. The van der Waals surface area contributed by atoms with E-state index in [2.05, 4.69) is 5.32 Å². The lowest BCUT2D eigenvalue weighted by Crippen LogP contribution is -2.53. The van der Waals surface area contributed by atoms with Gasteiger partial charge in [0.2, 0.25) is 5.91 Å². The van der Waals surface area contributed by atoms with E-state index in [0.717, 1.165) is 25.7 Å². The fourth-order valence-electron chi connectivity index (χ4n) is 2.57. The summed E-state index contributed by atoms with van der Waals surface area (Å²) >= 11 is 0. The Balaban J connectivity index is 1.95. The zero-order chi connectivity index (χ0) is 11.6. The summed E-state index contributed by atoms with van der Waals surface area (Å²) in [7, 11) is 0. The number of carbonyl (C=O) groups excluding carboxylic acids is 1. The average molecular weight is 228 g/mol. The second-order valence-corrected chi connectivity index (χ2v) is 4.94. The van der Waals surface area contributed by atoms with Crippen LogP contribution < -0.4 is 11.1 Å². The van der Waals surface area contributed by atoms with Crippen molar-refractivity contribution in [1.82, 2.24) is 5.32 Å². The molecule has 2 aliphatic rings. The fourth-order valence-corrected chi connectivity index (χ4v) is 2.57. The van der Waals surface area contributed by atoms with Crippen LogP contribution in [0.1, 0.15) is 25.7 Å². The Morgan fingerprint density at radius 2 is 2.12 bits per heavy atom. The van der Waals surface area contributed by atoms with Gasteiger partial charge < -0.3 is 20.9 Å². The van der Waals surface area contributed by atoms with Crippen LogP contribution in [0.2, 0.25) is 0 Å². The third-order valence-corrected chi connectivity index (χ3v) is 3.71. The van der Waals surface area contributed by atoms with E-state index in [9.17, 15) is 9.90 Å². The maximum atomic E-state index is 12.0. The van der Waals surface area contributed by atoms with Crippen molar-refractivity contribution in [2.45, 2.75) is 37.3 Å². The summed E-state index contributed by atoms with van der Waals surface area (Å²) in [5.41, 5.74) is 5.39. The zero-order valence-electron chi connectivity index (χ0n) is 9.45. The van der Waals surface area contributed by atoms with Gasteiger partial charge >= 0.3 is 0 Å². The molecule has 0 bridgehead atoms. The van der Waals surface area contributed by atoms with Crippen LogP contribution in [0.25, 0.3) is 0 Å². The number of nitrogens with two attached hydrogens (primary N) is 1. The number of aliphatic hydroxyl groups is 1. The molecule has 0 radical (unpaired) electrons. The van der Waals surface area contributed by atoms with Crippen LogP contribution in [0.5, 0.6) is 0 Å². The van der Waals surface area contributed by atoms with Gasteiger partial charge in [-0.25, -0.2) is 0 Å². The van der Waals surface area contributed by atoms with Gasteiger partial charge in [-0.2, -0.15) is 0 Å². The third kappa shape index (κ3) is 2.21. The molecule has 16 heavy (non-hydrogen) atoms. The highest BCUT2D eigenvalue weighted by atomic mass is 16.5. The molecule has 2 atom stereocenters. The van der Waals surface area contributed by atoms with Crippen molar-refractivity contribution in [2.24, 2.45) is 11.7 Å². The number of nitrogens with one attached hydrogen (secondary N) is 1. The van der Waals surface area contributed by atoms with E-state index in [-0.39, 0.29) is 24.5 Å². The van der Waals surface area contributed by atoms with Gasteiger partial charge in [0.25, 0.3) is 0 Å². The molecule has 5 nitrogen and oxygen atoms in total. The van der Waals surface area contributed by atoms with Gasteiger partial charge in [0.15, 0.2) is 0 Å². The van der Waals surface area contributed by atoms with Crippen LogP contribution in [-0.4, -0.2) is 42.4 Å². The Hall–Kier alpha value is -0.650. The Morgan fingerprint density at radius 1 is 1.44 bits per heavy atom. The number of hydrogen-bond acceptors (Lipinski definition) is 4. The lowest BCUT2D eigenvalue weighted by molar-refractivity contribution is -0.127. The van der Waals surface area contributed by atoms with Gasteiger partial charge in [-0.1, -0.05) is 12.8 Å². The first-order valence-corrected chi connectivity index (χ1v) is 5.93. The topological polar surface area (TPSA) is 84.6 Å². The van der Waals surface area contributed by atoms with Gasteiger partial charge in [-0.15, -0.1) is 0 Å². The van der Waals surface area contributed by atoms with Crippen LogP contribution in [0, 0.1) is 5.92 Å². The first kappa shape index (κ1) is 11.8. The highest BCUT2D eigenvalue weighted by Gasteiger charge is 2.39. The summed E-state index contributed by atoms with van der Waals surface area (Å²) in [6.07, 6.45) is 3.85. The van der Waals surface area contributed by atoms with Crippen molar-refractivity contribution in [3.8, 4) is 0 Å². The minimum atomic E-state index is -0.403.